The van der Waals surface area contributed by atoms with Gasteiger partial charge in [0.2, 0.25) is 10.3 Å². The summed E-state index contributed by atoms with van der Waals surface area (Å²) >= 11 is 3.70. The van der Waals surface area contributed by atoms with E-state index in [1.807, 2.05) is 12.3 Å². The zero-order valence-corrected chi connectivity index (χ0v) is 16.9. The van der Waals surface area contributed by atoms with Crippen molar-refractivity contribution in [3.8, 4) is 11.8 Å². The molecule has 0 aliphatic heterocycles. The molecule has 0 aliphatic rings. The molecule has 28 heavy (non-hydrogen) atoms. The average Bonchev–Trinajstić information content (AvgIpc) is 3.39. The van der Waals surface area contributed by atoms with Gasteiger partial charge in [-0.1, -0.05) is 30.0 Å². The lowest BCUT2D eigenvalue weighted by molar-refractivity contribution is -0.112. The van der Waals surface area contributed by atoms with Crippen LogP contribution in [0.15, 0.2) is 52.5 Å². The van der Waals surface area contributed by atoms with Gasteiger partial charge in [0, 0.05) is 11.5 Å². The first kappa shape index (κ1) is 19.8. The molecule has 1 aromatic carbocycles. The number of nitrogens with one attached hydrogen (secondary N) is 1. The number of thiophene rings is 1. The summed E-state index contributed by atoms with van der Waals surface area (Å²) in [6, 6.07) is 11.8. The minimum Gasteiger partial charge on any atom is -0.422 e. The van der Waals surface area contributed by atoms with E-state index in [1.165, 1.54) is 29.2 Å². The molecule has 140 valence electrons. The van der Waals surface area contributed by atoms with E-state index in [-0.39, 0.29) is 5.57 Å². The maximum Gasteiger partial charge on any atom is 0.353 e. The molecule has 2 heterocycles. The number of benzene rings is 1. The number of anilines is 1. The molecule has 10 heteroatoms. The number of esters is 1. The van der Waals surface area contributed by atoms with Crippen LogP contribution in [-0.2, 0) is 4.79 Å². The third-order valence-electron chi connectivity index (χ3n) is 3.30. The number of hydrogen-bond donors (Lipinski definition) is 1. The van der Waals surface area contributed by atoms with Gasteiger partial charge in [-0.15, -0.1) is 11.3 Å². The summed E-state index contributed by atoms with van der Waals surface area (Å²) in [5.74, 6) is -0.631. The first-order chi connectivity index (χ1) is 13.6. The lowest BCUT2D eigenvalue weighted by Crippen LogP contribution is -2.13. The zero-order valence-electron chi connectivity index (χ0n) is 14.4. The van der Waals surface area contributed by atoms with Gasteiger partial charge in [-0.3, -0.25) is 10.1 Å². The summed E-state index contributed by atoms with van der Waals surface area (Å²) in [5.41, 5.74) is 0.536. The number of carbonyl (C=O) groups is 2. The molecule has 7 nitrogen and oxygen atoms in total. The van der Waals surface area contributed by atoms with Crippen LogP contribution in [0.4, 0.5) is 5.13 Å². The monoisotopic (exact) mass is 428 g/mol. The molecule has 0 aliphatic carbocycles. The number of hydrogen-bond acceptors (Lipinski definition) is 9. The van der Waals surface area contributed by atoms with E-state index in [9.17, 15) is 14.9 Å². The van der Waals surface area contributed by atoms with E-state index in [0.29, 0.717) is 26.5 Å². The van der Waals surface area contributed by atoms with Gasteiger partial charge < -0.3 is 4.74 Å². The molecule has 0 radical (unpaired) electrons. The van der Waals surface area contributed by atoms with Gasteiger partial charge in [-0.2, -0.15) is 14.6 Å². The fourth-order valence-electron chi connectivity index (χ4n) is 2.01. The number of thioether (sulfide) groups is 1. The minimum atomic E-state index is -0.570. The molecule has 0 spiro atoms. The summed E-state index contributed by atoms with van der Waals surface area (Å²) in [6.45, 7) is 0. The summed E-state index contributed by atoms with van der Waals surface area (Å²) in [4.78, 5) is 28.8. The molecular weight excluding hydrogens is 416 g/mol. The summed E-state index contributed by atoms with van der Waals surface area (Å²) in [7, 11) is 0. The number of aromatic nitrogens is 2. The number of nitriles is 1. The first-order valence-corrected chi connectivity index (χ1v) is 10.6. The van der Waals surface area contributed by atoms with Gasteiger partial charge in [-0.25, -0.2) is 4.79 Å². The predicted molar refractivity (Wildman–Crippen MR) is 110 cm³/mol. The second kappa shape index (κ2) is 9.27. The highest BCUT2D eigenvalue weighted by molar-refractivity contribution is 7.98. The van der Waals surface area contributed by atoms with E-state index in [0.717, 1.165) is 11.5 Å². The fourth-order valence-corrected chi connectivity index (χ4v) is 3.73. The van der Waals surface area contributed by atoms with E-state index < -0.39 is 11.9 Å². The Hall–Kier alpha value is -3.00. The van der Waals surface area contributed by atoms with Crippen molar-refractivity contribution in [2.24, 2.45) is 0 Å². The van der Waals surface area contributed by atoms with Crippen molar-refractivity contribution >= 4 is 57.7 Å². The van der Waals surface area contributed by atoms with Crippen molar-refractivity contribution in [3.63, 3.8) is 0 Å². The second-order valence-corrected chi connectivity index (χ2v) is 7.62. The quantitative estimate of drug-likeness (QED) is 0.207. The Kier molecular flexibility index (Phi) is 6.54. The van der Waals surface area contributed by atoms with Crippen LogP contribution in [0, 0.1) is 11.3 Å². The molecule has 3 aromatic rings. The number of nitrogens with zero attached hydrogens (tertiary/aromatic N) is 3. The summed E-state index contributed by atoms with van der Waals surface area (Å²) in [5, 5.41) is 14.5. The smallest absolute Gasteiger partial charge is 0.353 e. The number of amides is 1. The molecule has 0 fully saturated rings. The van der Waals surface area contributed by atoms with Gasteiger partial charge in [-0.05, 0) is 41.5 Å². The maximum atomic E-state index is 12.3. The molecule has 0 saturated heterocycles. The Balaban J connectivity index is 1.67. The molecule has 3 rings (SSSR count). The van der Waals surface area contributed by atoms with Crippen molar-refractivity contribution < 1.29 is 14.3 Å². The average molecular weight is 429 g/mol. The van der Waals surface area contributed by atoms with E-state index in [4.69, 9.17) is 4.74 Å². The maximum absolute atomic E-state index is 12.3. The molecule has 0 atom stereocenters. The standard InChI is InChI=1S/C18H12N4O3S3/c1-26-18-21-17(28-22-18)20-15(23)12(10-19)9-11-4-6-13(7-5-11)25-16(24)14-3-2-8-27-14/h2-9H,1H3,(H,20,21,22,23)/b12-9-. The molecule has 1 N–H and O–H groups in total. The van der Waals surface area contributed by atoms with E-state index in [2.05, 4.69) is 14.7 Å². The van der Waals surface area contributed by atoms with E-state index >= 15 is 0 Å². The molecule has 0 unspecified atom stereocenters. The van der Waals surface area contributed by atoms with Crippen molar-refractivity contribution in [1.82, 2.24) is 9.36 Å². The van der Waals surface area contributed by atoms with Crippen LogP contribution in [0.5, 0.6) is 5.75 Å². The van der Waals surface area contributed by atoms with Crippen LogP contribution in [0.2, 0.25) is 0 Å². The number of rotatable bonds is 6. The lowest BCUT2D eigenvalue weighted by atomic mass is 10.1. The van der Waals surface area contributed by atoms with Crippen LogP contribution >= 0.6 is 34.6 Å². The van der Waals surface area contributed by atoms with Crippen molar-refractivity contribution in [2.45, 2.75) is 5.16 Å². The van der Waals surface area contributed by atoms with Gasteiger partial charge >= 0.3 is 5.97 Å². The molecule has 0 bridgehead atoms. The third kappa shape index (κ3) is 5.04. The molecular formula is C18H12N4O3S3. The topological polar surface area (TPSA) is 105 Å². The minimum absolute atomic E-state index is 0.0794. The van der Waals surface area contributed by atoms with Crippen molar-refractivity contribution in [1.29, 1.82) is 5.26 Å². The Labute approximate surface area is 172 Å². The first-order valence-electron chi connectivity index (χ1n) is 7.75. The number of ether oxygens (including phenoxy) is 1. The van der Waals surface area contributed by atoms with Gasteiger partial charge in [0.1, 0.15) is 22.3 Å². The lowest BCUT2D eigenvalue weighted by Gasteiger charge is -2.03. The van der Waals surface area contributed by atoms with Crippen LogP contribution in [0.25, 0.3) is 6.08 Å². The second-order valence-electron chi connectivity index (χ2n) is 5.15. The Morgan fingerprint density at radius 3 is 2.68 bits per heavy atom. The SMILES string of the molecule is CSc1nsc(NC(=O)/C(C#N)=C\c2ccc(OC(=O)c3cccs3)cc2)n1. The Morgan fingerprint density at radius 1 is 1.29 bits per heavy atom. The van der Waals surface area contributed by atoms with Crippen LogP contribution < -0.4 is 10.1 Å². The van der Waals surface area contributed by atoms with Crippen molar-refractivity contribution in [3.05, 3.63) is 57.8 Å². The predicted octanol–water partition coefficient (Wildman–Crippen LogP) is 4.09. The largest absolute Gasteiger partial charge is 0.422 e. The normalized spacial score (nSPS) is 10.9. The highest BCUT2D eigenvalue weighted by Gasteiger charge is 2.13. The third-order valence-corrected chi connectivity index (χ3v) is 5.44. The molecule has 0 saturated carbocycles. The van der Waals surface area contributed by atoms with Crippen molar-refractivity contribution in [2.75, 3.05) is 11.6 Å². The van der Waals surface area contributed by atoms with Crippen LogP contribution in [0.1, 0.15) is 15.2 Å². The van der Waals surface area contributed by atoms with Gasteiger partial charge in [0.25, 0.3) is 5.91 Å². The molecule has 1 amide bonds. The van der Waals surface area contributed by atoms with Gasteiger partial charge in [0.05, 0.1) is 0 Å². The fraction of sp³-hybridized carbons (Fsp3) is 0.0556. The summed E-state index contributed by atoms with van der Waals surface area (Å²) < 4.78 is 9.32. The van der Waals surface area contributed by atoms with Crippen LogP contribution in [-0.4, -0.2) is 27.5 Å². The number of carbonyl (C=O) groups excluding carboxylic acids is 2. The Bertz CT molecular complexity index is 1050. The summed E-state index contributed by atoms with van der Waals surface area (Å²) in [6.07, 6.45) is 3.27. The Morgan fingerprint density at radius 2 is 2.07 bits per heavy atom. The highest BCUT2D eigenvalue weighted by Crippen LogP contribution is 2.20. The molecule has 2 aromatic heterocycles. The van der Waals surface area contributed by atoms with E-state index in [1.54, 1.807) is 41.8 Å². The zero-order chi connectivity index (χ0) is 19.9. The van der Waals surface area contributed by atoms with Crippen LogP contribution in [0.3, 0.4) is 0 Å². The van der Waals surface area contributed by atoms with Gasteiger partial charge in [0.15, 0.2) is 0 Å². The highest BCUT2D eigenvalue weighted by atomic mass is 32.2.